The zero-order chi connectivity index (χ0) is 26.2. The monoisotopic (exact) mass is 524 g/mol. The van der Waals surface area contributed by atoms with Crippen molar-refractivity contribution in [1.82, 2.24) is 25.8 Å². The molecular weight excluding hydrogens is 484 g/mol. The number of nitrogens with zero attached hydrogens (tertiary/aromatic N) is 2. The molecule has 3 aliphatic heterocycles. The summed E-state index contributed by atoms with van der Waals surface area (Å²) in [6.07, 6.45) is 2.88. The van der Waals surface area contributed by atoms with E-state index in [1.165, 1.54) is 4.90 Å². The summed E-state index contributed by atoms with van der Waals surface area (Å²) in [5.41, 5.74) is 5.49. The lowest BCUT2D eigenvalue weighted by atomic mass is 10.0. The molecule has 11 nitrogen and oxygen atoms in total. The molecule has 3 aliphatic rings. The molecule has 5 amide bonds. The number of hydrogen-bond donors (Lipinski definition) is 4. The normalized spacial score (nSPS) is 27.6. The van der Waals surface area contributed by atoms with Gasteiger partial charge in [-0.2, -0.15) is 11.8 Å². The van der Waals surface area contributed by atoms with E-state index in [0.717, 1.165) is 17.9 Å². The third-order valence-electron chi connectivity index (χ3n) is 6.98. The second kappa shape index (κ2) is 13.3. The fraction of sp³-hybridized carbons (Fsp3) is 0.792. The molecule has 3 fully saturated rings. The number of thioether (sulfide) groups is 1. The van der Waals surface area contributed by atoms with Crippen molar-refractivity contribution in [3.8, 4) is 0 Å². The van der Waals surface area contributed by atoms with Gasteiger partial charge in [-0.1, -0.05) is 13.8 Å². The summed E-state index contributed by atoms with van der Waals surface area (Å²) < 4.78 is 0. The fourth-order valence-corrected chi connectivity index (χ4v) is 5.78. The van der Waals surface area contributed by atoms with Crippen LogP contribution in [0.15, 0.2) is 0 Å². The van der Waals surface area contributed by atoms with Crippen molar-refractivity contribution >= 4 is 41.3 Å². The molecule has 0 radical (unpaired) electrons. The van der Waals surface area contributed by atoms with E-state index in [4.69, 9.17) is 5.73 Å². The highest BCUT2D eigenvalue weighted by Crippen LogP contribution is 2.26. The van der Waals surface area contributed by atoms with Crippen molar-refractivity contribution in [2.24, 2.45) is 11.7 Å². The second-order valence-corrected chi connectivity index (χ2v) is 11.2. The van der Waals surface area contributed by atoms with Gasteiger partial charge in [-0.25, -0.2) is 0 Å². The van der Waals surface area contributed by atoms with Gasteiger partial charge in [0.2, 0.25) is 29.5 Å². The Hall–Kier alpha value is -2.34. The Bertz CT molecular complexity index is 830. The maximum Gasteiger partial charge on any atom is 0.246 e. The number of rotatable bonds is 8. The van der Waals surface area contributed by atoms with Crippen LogP contribution in [0.2, 0.25) is 0 Å². The fourth-order valence-electron chi connectivity index (χ4n) is 5.06. The lowest BCUT2D eigenvalue weighted by molar-refractivity contribution is -0.147. The molecule has 36 heavy (non-hydrogen) atoms. The highest BCUT2D eigenvalue weighted by Gasteiger charge is 2.44. The number of amides is 5. The molecule has 4 atom stereocenters. The van der Waals surface area contributed by atoms with Crippen LogP contribution >= 0.6 is 11.8 Å². The van der Waals surface area contributed by atoms with Crippen LogP contribution in [-0.4, -0.2) is 101 Å². The number of hydrogen-bond acceptors (Lipinski definition) is 7. The first kappa shape index (κ1) is 28.2. The molecule has 3 heterocycles. The van der Waals surface area contributed by atoms with Crippen LogP contribution in [0, 0.1) is 5.92 Å². The summed E-state index contributed by atoms with van der Waals surface area (Å²) >= 11 is 1.70. The van der Waals surface area contributed by atoms with Gasteiger partial charge >= 0.3 is 0 Å². The molecule has 0 unspecified atom stereocenters. The Balaban J connectivity index is 1.81. The van der Waals surface area contributed by atoms with Crippen molar-refractivity contribution in [3.63, 3.8) is 0 Å². The van der Waals surface area contributed by atoms with E-state index < -0.39 is 36.0 Å². The number of fused-ring (bicyclic) bond motifs is 2. The third-order valence-corrected chi connectivity index (χ3v) is 8.08. The second-order valence-electron chi connectivity index (χ2n) is 9.98. The van der Waals surface area contributed by atoms with Crippen molar-refractivity contribution < 1.29 is 24.0 Å². The molecule has 12 heteroatoms. The summed E-state index contributed by atoms with van der Waals surface area (Å²) in [6.45, 7) is 5.46. The standard InChI is InChI=1S/C24H40N6O5S/c1-15(2)20-23(34)27-16(21(32)26-9-5-12-36-13-8-25)14-19(31)29-10-4-7-18(29)24(35)30-11-3-6-17(30)22(33)28-20/h15-18,20H,3-14,25H2,1-2H3,(H,26,32)(H,27,34)(H,28,33)/t16-,17+,18-,20-/m0/s1. The van der Waals surface area contributed by atoms with E-state index in [2.05, 4.69) is 16.0 Å². The van der Waals surface area contributed by atoms with Crippen LogP contribution in [0.1, 0.15) is 52.4 Å². The Kier molecular flexibility index (Phi) is 10.4. The summed E-state index contributed by atoms with van der Waals surface area (Å²) in [4.78, 5) is 69.3. The minimum atomic E-state index is -1.10. The first-order valence-corrected chi connectivity index (χ1v) is 14.2. The molecule has 0 aromatic heterocycles. The van der Waals surface area contributed by atoms with Gasteiger partial charge in [0.15, 0.2) is 0 Å². The van der Waals surface area contributed by atoms with E-state index >= 15 is 0 Å². The van der Waals surface area contributed by atoms with Gasteiger partial charge in [0, 0.05) is 31.9 Å². The predicted molar refractivity (Wildman–Crippen MR) is 137 cm³/mol. The molecular formula is C24H40N6O5S. The van der Waals surface area contributed by atoms with Crippen LogP contribution in [0.25, 0.3) is 0 Å². The number of nitrogens with one attached hydrogen (secondary N) is 3. The van der Waals surface area contributed by atoms with Crippen molar-refractivity contribution in [2.45, 2.75) is 76.5 Å². The average Bonchev–Trinajstić information content (AvgIpc) is 3.53. The maximum absolute atomic E-state index is 13.4. The van der Waals surface area contributed by atoms with Crippen LogP contribution in [-0.2, 0) is 24.0 Å². The molecule has 0 aliphatic carbocycles. The quantitative estimate of drug-likeness (QED) is 0.303. The summed E-state index contributed by atoms with van der Waals surface area (Å²) in [7, 11) is 0. The Labute approximate surface area is 217 Å². The number of nitrogens with two attached hydrogens (primary N) is 1. The first-order valence-electron chi connectivity index (χ1n) is 13.0. The SMILES string of the molecule is CC(C)[C@@H]1NC(=O)[C@H]2CCCN2C(=O)[C@@H]2CCCN2C(=O)C[C@@H](C(=O)NCCCSCCN)NC1=O. The molecule has 5 N–H and O–H groups in total. The summed E-state index contributed by atoms with van der Waals surface area (Å²) in [5.74, 6) is -0.492. The van der Waals surface area contributed by atoms with E-state index in [-0.39, 0.29) is 30.1 Å². The average molecular weight is 525 g/mol. The highest BCUT2D eigenvalue weighted by atomic mass is 32.2. The first-order chi connectivity index (χ1) is 17.2. The molecule has 202 valence electrons. The van der Waals surface area contributed by atoms with Gasteiger partial charge in [0.25, 0.3) is 0 Å². The summed E-state index contributed by atoms with van der Waals surface area (Å²) in [5, 5.41) is 8.34. The van der Waals surface area contributed by atoms with Crippen LogP contribution in [0.4, 0.5) is 0 Å². The third kappa shape index (κ3) is 6.90. The molecule has 3 rings (SSSR count). The molecule has 0 aromatic carbocycles. The molecule has 0 spiro atoms. The van der Waals surface area contributed by atoms with Crippen LogP contribution in [0.5, 0.6) is 0 Å². The van der Waals surface area contributed by atoms with Gasteiger partial charge in [-0.15, -0.1) is 0 Å². The highest BCUT2D eigenvalue weighted by molar-refractivity contribution is 7.99. The predicted octanol–water partition coefficient (Wildman–Crippen LogP) is -0.804. The van der Waals surface area contributed by atoms with Crippen molar-refractivity contribution in [3.05, 3.63) is 0 Å². The Morgan fingerprint density at radius 1 is 1.03 bits per heavy atom. The zero-order valence-electron chi connectivity index (χ0n) is 21.3. The van der Waals surface area contributed by atoms with Gasteiger partial charge in [0.05, 0.1) is 6.42 Å². The molecule has 0 saturated carbocycles. The van der Waals surface area contributed by atoms with Gasteiger partial charge in [-0.3, -0.25) is 24.0 Å². The topological polar surface area (TPSA) is 154 Å². The largest absolute Gasteiger partial charge is 0.354 e. The van der Waals surface area contributed by atoms with E-state index in [0.29, 0.717) is 51.9 Å². The maximum atomic E-state index is 13.4. The molecule has 0 bridgehead atoms. The lowest BCUT2D eigenvalue weighted by Gasteiger charge is -2.31. The zero-order valence-corrected chi connectivity index (χ0v) is 22.1. The smallest absolute Gasteiger partial charge is 0.246 e. The minimum Gasteiger partial charge on any atom is -0.354 e. The van der Waals surface area contributed by atoms with Crippen molar-refractivity contribution in [1.29, 1.82) is 0 Å². The number of carbonyl (C=O) groups is 5. The minimum absolute atomic E-state index is 0.228. The number of carbonyl (C=O) groups excluding carboxylic acids is 5. The summed E-state index contributed by atoms with van der Waals surface area (Å²) in [6, 6.07) is -3.31. The van der Waals surface area contributed by atoms with Gasteiger partial charge in [0.1, 0.15) is 24.2 Å². The van der Waals surface area contributed by atoms with Crippen LogP contribution in [0.3, 0.4) is 0 Å². The van der Waals surface area contributed by atoms with Crippen LogP contribution < -0.4 is 21.7 Å². The molecule has 0 aromatic rings. The van der Waals surface area contributed by atoms with E-state index in [9.17, 15) is 24.0 Å². The van der Waals surface area contributed by atoms with E-state index in [1.807, 2.05) is 0 Å². The Morgan fingerprint density at radius 3 is 2.42 bits per heavy atom. The lowest BCUT2D eigenvalue weighted by Crippen LogP contribution is -2.58. The van der Waals surface area contributed by atoms with Gasteiger partial charge < -0.3 is 31.5 Å². The molecule has 3 saturated heterocycles. The van der Waals surface area contributed by atoms with Gasteiger partial charge in [-0.05, 0) is 43.8 Å². The Morgan fingerprint density at radius 2 is 1.72 bits per heavy atom. The van der Waals surface area contributed by atoms with E-state index in [1.54, 1.807) is 30.5 Å². The van der Waals surface area contributed by atoms with Crippen molar-refractivity contribution in [2.75, 3.05) is 37.7 Å².